The highest BCUT2D eigenvalue weighted by molar-refractivity contribution is 5.39. The van der Waals surface area contributed by atoms with E-state index < -0.39 is 11.6 Å². The SMILES string of the molecule is CCCCCc1cc(F)c(C#CC2CCC(CC)CC2)c(F)c1. The van der Waals surface area contributed by atoms with E-state index in [1.807, 2.05) is 0 Å². The summed E-state index contributed by atoms with van der Waals surface area (Å²) in [5.74, 6) is 5.97. The molecule has 1 aliphatic rings. The monoisotopic (exact) mass is 318 g/mol. The molecular formula is C21H28F2. The number of aryl methyl sites for hydroxylation is 1. The third-order valence-corrected chi connectivity index (χ3v) is 5.00. The molecule has 1 saturated carbocycles. The smallest absolute Gasteiger partial charge is 0.142 e. The third kappa shape index (κ3) is 5.34. The molecule has 1 aliphatic carbocycles. The van der Waals surface area contributed by atoms with Gasteiger partial charge in [0.25, 0.3) is 0 Å². The summed E-state index contributed by atoms with van der Waals surface area (Å²) in [5.41, 5.74) is 0.685. The molecular weight excluding hydrogens is 290 g/mol. The van der Waals surface area contributed by atoms with Crippen LogP contribution in [-0.2, 0) is 6.42 Å². The number of halogens is 2. The summed E-state index contributed by atoms with van der Waals surface area (Å²) in [6, 6.07) is 2.91. The molecule has 1 aromatic carbocycles. The van der Waals surface area contributed by atoms with Gasteiger partial charge in [-0.05, 0) is 62.1 Å². The predicted molar refractivity (Wildman–Crippen MR) is 92.2 cm³/mol. The van der Waals surface area contributed by atoms with Crippen LogP contribution in [0.1, 0.15) is 76.3 Å². The first-order valence-electron chi connectivity index (χ1n) is 9.13. The maximum absolute atomic E-state index is 14.1. The Kier molecular flexibility index (Phi) is 7.09. The molecule has 1 fully saturated rings. The molecule has 0 aromatic heterocycles. The van der Waals surface area contributed by atoms with Crippen molar-refractivity contribution in [3.63, 3.8) is 0 Å². The van der Waals surface area contributed by atoms with Crippen molar-refractivity contribution in [3.05, 3.63) is 34.9 Å². The van der Waals surface area contributed by atoms with Crippen LogP contribution >= 0.6 is 0 Å². The molecule has 0 saturated heterocycles. The fourth-order valence-electron chi connectivity index (χ4n) is 3.36. The molecule has 2 rings (SSSR count). The molecule has 0 heterocycles. The van der Waals surface area contributed by atoms with E-state index in [1.165, 1.54) is 31.4 Å². The van der Waals surface area contributed by atoms with Crippen LogP contribution in [-0.4, -0.2) is 0 Å². The van der Waals surface area contributed by atoms with E-state index in [0.29, 0.717) is 5.92 Å². The minimum atomic E-state index is -0.508. The Balaban J connectivity index is 2.02. The van der Waals surface area contributed by atoms with Crippen LogP contribution in [0.4, 0.5) is 8.78 Å². The van der Waals surface area contributed by atoms with Gasteiger partial charge in [0.15, 0.2) is 0 Å². The summed E-state index contributed by atoms with van der Waals surface area (Å²) in [4.78, 5) is 0. The van der Waals surface area contributed by atoms with Crippen LogP contribution in [0.5, 0.6) is 0 Å². The van der Waals surface area contributed by atoms with Gasteiger partial charge >= 0.3 is 0 Å². The number of rotatable bonds is 5. The van der Waals surface area contributed by atoms with Crippen LogP contribution in [0.3, 0.4) is 0 Å². The highest BCUT2D eigenvalue weighted by Gasteiger charge is 2.18. The largest absolute Gasteiger partial charge is 0.206 e. The summed E-state index contributed by atoms with van der Waals surface area (Å²) < 4.78 is 28.3. The van der Waals surface area contributed by atoms with Crippen molar-refractivity contribution >= 4 is 0 Å². The molecule has 0 N–H and O–H groups in total. The second-order valence-electron chi connectivity index (χ2n) is 6.79. The fraction of sp³-hybridized carbons (Fsp3) is 0.619. The molecule has 126 valence electrons. The van der Waals surface area contributed by atoms with Crippen LogP contribution in [0.2, 0.25) is 0 Å². The lowest BCUT2D eigenvalue weighted by Crippen LogP contribution is -2.12. The van der Waals surface area contributed by atoms with Gasteiger partial charge in [-0.3, -0.25) is 0 Å². The molecule has 0 spiro atoms. The molecule has 0 unspecified atom stereocenters. The standard InChI is InChI=1S/C21H28F2/c1-3-5-6-7-18-14-20(22)19(21(23)15-18)13-12-17-10-8-16(4-2)9-11-17/h14-17H,3-11H2,1-2H3. The zero-order chi connectivity index (χ0) is 16.7. The minimum Gasteiger partial charge on any atom is -0.206 e. The first kappa shape index (κ1) is 18.0. The first-order valence-corrected chi connectivity index (χ1v) is 9.13. The Morgan fingerprint density at radius 2 is 1.65 bits per heavy atom. The Hall–Kier alpha value is -1.36. The zero-order valence-electron chi connectivity index (χ0n) is 14.4. The number of benzene rings is 1. The Labute approximate surface area is 139 Å². The molecule has 0 radical (unpaired) electrons. The molecule has 2 heteroatoms. The van der Waals surface area contributed by atoms with Crippen LogP contribution in [0.15, 0.2) is 12.1 Å². The number of hydrogen-bond acceptors (Lipinski definition) is 0. The summed E-state index contributed by atoms with van der Waals surface area (Å²) in [6.45, 7) is 4.34. The Morgan fingerprint density at radius 1 is 1.00 bits per heavy atom. The van der Waals surface area contributed by atoms with Crippen molar-refractivity contribution in [2.75, 3.05) is 0 Å². The van der Waals surface area contributed by atoms with E-state index in [0.717, 1.165) is 50.0 Å². The van der Waals surface area contributed by atoms with Gasteiger partial charge in [0.1, 0.15) is 11.6 Å². The molecule has 0 bridgehead atoms. The molecule has 0 atom stereocenters. The summed E-state index contributed by atoms with van der Waals surface area (Å²) in [7, 11) is 0. The van der Waals surface area contributed by atoms with Gasteiger partial charge in [-0.2, -0.15) is 0 Å². The number of hydrogen-bond donors (Lipinski definition) is 0. The van der Waals surface area contributed by atoms with Gasteiger partial charge in [-0.25, -0.2) is 8.78 Å². The Morgan fingerprint density at radius 3 is 2.22 bits per heavy atom. The molecule has 0 nitrogen and oxygen atoms in total. The van der Waals surface area contributed by atoms with Crippen molar-refractivity contribution in [1.82, 2.24) is 0 Å². The zero-order valence-corrected chi connectivity index (χ0v) is 14.4. The van der Waals surface area contributed by atoms with Gasteiger partial charge in [-0.1, -0.05) is 45.0 Å². The second kappa shape index (κ2) is 9.06. The van der Waals surface area contributed by atoms with Crippen molar-refractivity contribution in [2.24, 2.45) is 11.8 Å². The fourth-order valence-corrected chi connectivity index (χ4v) is 3.36. The van der Waals surface area contributed by atoms with Gasteiger partial charge in [0, 0.05) is 5.92 Å². The molecule has 1 aromatic rings. The van der Waals surface area contributed by atoms with E-state index in [4.69, 9.17) is 0 Å². The maximum Gasteiger partial charge on any atom is 0.142 e. The molecule has 0 aliphatic heterocycles. The molecule has 0 amide bonds. The topological polar surface area (TPSA) is 0 Å². The third-order valence-electron chi connectivity index (χ3n) is 5.00. The van der Waals surface area contributed by atoms with Crippen LogP contribution < -0.4 is 0 Å². The summed E-state index contributed by atoms with van der Waals surface area (Å²) >= 11 is 0. The van der Waals surface area contributed by atoms with E-state index in [9.17, 15) is 8.78 Å². The quantitative estimate of drug-likeness (QED) is 0.443. The van der Waals surface area contributed by atoms with Gasteiger partial charge in [0.05, 0.1) is 5.56 Å². The van der Waals surface area contributed by atoms with Crippen LogP contribution in [0.25, 0.3) is 0 Å². The summed E-state index contributed by atoms with van der Waals surface area (Å²) in [6.07, 6.45) is 9.63. The normalized spacial score (nSPS) is 20.9. The lowest BCUT2D eigenvalue weighted by atomic mass is 9.81. The van der Waals surface area contributed by atoms with E-state index in [-0.39, 0.29) is 5.56 Å². The van der Waals surface area contributed by atoms with E-state index in [2.05, 4.69) is 25.7 Å². The predicted octanol–water partition coefficient (Wildman–Crippen LogP) is 6.27. The van der Waals surface area contributed by atoms with Gasteiger partial charge in [-0.15, -0.1) is 0 Å². The van der Waals surface area contributed by atoms with Gasteiger partial charge in [0.2, 0.25) is 0 Å². The summed E-state index contributed by atoms with van der Waals surface area (Å²) in [5, 5.41) is 0. The lowest BCUT2D eigenvalue weighted by molar-refractivity contribution is 0.309. The highest BCUT2D eigenvalue weighted by atomic mass is 19.1. The Bertz CT molecular complexity index is 534. The average molecular weight is 318 g/mol. The van der Waals surface area contributed by atoms with E-state index in [1.54, 1.807) is 0 Å². The average Bonchev–Trinajstić information content (AvgIpc) is 2.55. The van der Waals surface area contributed by atoms with E-state index >= 15 is 0 Å². The first-order chi connectivity index (χ1) is 11.1. The highest BCUT2D eigenvalue weighted by Crippen LogP contribution is 2.30. The van der Waals surface area contributed by atoms with Crippen molar-refractivity contribution in [2.45, 2.75) is 71.6 Å². The number of unbranched alkanes of at least 4 members (excludes halogenated alkanes) is 2. The molecule has 23 heavy (non-hydrogen) atoms. The van der Waals surface area contributed by atoms with Crippen molar-refractivity contribution in [1.29, 1.82) is 0 Å². The maximum atomic E-state index is 14.1. The van der Waals surface area contributed by atoms with Crippen molar-refractivity contribution < 1.29 is 8.78 Å². The second-order valence-corrected chi connectivity index (χ2v) is 6.79. The van der Waals surface area contributed by atoms with Crippen molar-refractivity contribution in [3.8, 4) is 11.8 Å². The lowest BCUT2D eigenvalue weighted by Gasteiger charge is -2.24. The van der Waals surface area contributed by atoms with Gasteiger partial charge < -0.3 is 0 Å². The minimum absolute atomic E-state index is 0.0538. The van der Waals surface area contributed by atoms with Crippen LogP contribution in [0, 0.1) is 35.3 Å².